The fraction of sp³-hybridized carbons (Fsp3) is 0.273. The van der Waals surface area contributed by atoms with Crippen LogP contribution in [0.15, 0.2) is 16.5 Å². The van der Waals surface area contributed by atoms with Crippen molar-refractivity contribution in [2.24, 2.45) is 0 Å². The van der Waals surface area contributed by atoms with Crippen LogP contribution in [-0.4, -0.2) is 21.7 Å². The van der Waals surface area contributed by atoms with Gasteiger partial charge in [-0.25, -0.2) is 4.39 Å². The van der Waals surface area contributed by atoms with Gasteiger partial charge in [-0.3, -0.25) is 10.1 Å². The molecule has 7 nitrogen and oxygen atoms in total. The predicted molar refractivity (Wildman–Crippen MR) is 63.7 cm³/mol. The van der Waals surface area contributed by atoms with Gasteiger partial charge in [0.2, 0.25) is 11.7 Å². The molecular weight excluding hydrogens is 274 g/mol. The lowest BCUT2D eigenvalue weighted by atomic mass is 10.1. The molecule has 0 fully saturated rings. The molecule has 0 aliphatic heterocycles. The normalized spacial score (nSPS) is 10.8. The summed E-state index contributed by atoms with van der Waals surface area (Å²) in [6.07, 6.45) is 0. The molecule has 0 amide bonds. The number of nitrogens with zero attached hydrogens (tertiary/aromatic N) is 3. The number of halogens is 2. The fourth-order valence-electron chi connectivity index (χ4n) is 1.54. The van der Waals surface area contributed by atoms with Crippen molar-refractivity contribution in [1.29, 1.82) is 0 Å². The van der Waals surface area contributed by atoms with Crippen LogP contribution >= 0.6 is 0 Å². The summed E-state index contributed by atoms with van der Waals surface area (Å²) >= 11 is 0. The van der Waals surface area contributed by atoms with Crippen molar-refractivity contribution in [2.45, 2.75) is 13.5 Å². The lowest BCUT2D eigenvalue weighted by Crippen LogP contribution is -2.11. The van der Waals surface area contributed by atoms with Gasteiger partial charge in [0.15, 0.2) is 0 Å². The van der Waals surface area contributed by atoms with Gasteiger partial charge < -0.3 is 9.73 Å². The average Bonchev–Trinajstić information content (AvgIpc) is 2.84. The summed E-state index contributed by atoms with van der Waals surface area (Å²) in [5.41, 5.74) is -1.55. The van der Waals surface area contributed by atoms with E-state index in [9.17, 15) is 18.9 Å². The third kappa shape index (κ3) is 2.62. The van der Waals surface area contributed by atoms with E-state index < -0.39 is 33.7 Å². The molecule has 1 aromatic carbocycles. The lowest BCUT2D eigenvalue weighted by molar-refractivity contribution is -0.387. The molecule has 0 aliphatic rings. The van der Waals surface area contributed by atoms with Gasteiger partial charge in [-0.1, -0.05) is 6.92 Å². The van der Waals surface area contributed by atoms with E-state index in [0.29, 0.717) is 6.54 Å². The van der Waals surface area contributed by atoms with Crippen molar-refractivity contribution in [1.82, 2.24) is 15.5 Å². The molecule has 1 N–H and O–H groups in total. The van der Waals surface area contributed by atoms with Crippen molar-refractivity contribution in [2.75, 3.05) is 6.54 Å². The largest absolute Gasteiger partial charge is 0.419 e. The Hall–Kier alpha value is -2.42. The second-order valence-corrected chi connectivity index (χ2v) is 3.79. The molecule has 0 radical (unpaired) electrons. The molecule has 0 aliphatic carbocycles. The fourth-order valence-corrected chi connectivity index (χ4v) is 1.54. The van der Waals surface area contributed by atoms with E-state index in [0.717, 1.165) is 12.1 Å². The van der Waals surface area contributed by atoms with E-state index in [4.69, 9.17) is 4.42 Å². The summed E-state index contributed by atoms with van der Waals surface area (Å²) in [6, 6.07) is 1.52. The SMILES string of the molecule is CCNCc1nnc(-c2c(F)ccc([N+](=O)[O-])c2F)o1. The van der Waals surface area contributed by atoms with Crippen molar-refractivity contribution in [3.8, 4) is 11.5 Å². The Morgan fingerprint density at radius 1 is 1.40 bits per heavy atom. The summed E-state index contributed by atoms with van der Waals surface area (Å²) in [5.74, 6) is -2.65. The van der Waals surface area contributed by atoms with E-state index in [2.05, 4.69) is 15.5 Å². The summed E-state index contributed by atoms with van der Waals surface area (Å²) in [6.45, 7) is 2.75. The Kier molecular flexibility index (Phi) is 3.99. The van der Waals surface area contributed by atoms with Gasteiger partial charge in [0, 0.05) is 6.07 Å². The maximum absolute atomic E-state index is 13.9. The first-order chi connectivity index (χ1) is 9.54. The molecular formula is C11H10F2N4O3. The number of nitro benzene ring substituents is 1. The van der Waals surface area contributed by atoms with Gasteiger partial charge >= 0.3 is 5.69 Å². The molecule has 0 saturated carbocycles. The van der Waals surface area contributed by atoms with Crippen molar-refractivity contribution < 1.29 is 18.1 Å². The minimum atomic E-state index is -1.34. The van der Waals surface area contributed by atoms with Crippen LogP contribution in [0, 0.1) is 21.7 Å². The minimum absolute atomic E-state index is 0.132. The zero-order valence-electron chi connectivity index (χ0n) is 10.4. The summed E-state index contributed by atoms with van der Waals surface area (Å²) < 4.78 is 32.6. The van der Waals surface area contributed by atoms with Crippen LogP contribution in [0.3, 0.4) is 0 Å². The molecule has 106 valence electrons. The second kappa shape index (κ2) is 5.70. The van der Waals surface area contributed by atoms with Crippen molar-refractivity contribution in [3.63, 3.8) is 0 Å². The number of hydrogen-bond acceptors (Lipinski definition) is 6. The zero-order chi connectivity index (χ0) is 14.7. The molecule has 1 aromatic heterocycles. The molecule has 20 heavy (non-hydrogen) atoms. The highest BCUT2D eigenvalue weighted by Crippen LogP contribution is 2.30. The van der Waals surface area contributed by atoms with Crippen LogP contribution < -0.4 is 5.32 Å². The first kappa shape index (κ1) is 14.0. The Labute approximate surface area is 111 Å². The first-order valence-electron chi connectivity index (χ1n) is 5.70. The quantitative estimate of drug-likeness (QED) is 0.667. The van der Waals surface area contributed by atoms with Gasteiger partial charge in [0.1, 0.15) is 11.4 Å². The Bertz CT molecular complexity index is 645. The van der Waals surface area contributed by atoms with Crippen LogP contribution in [0.1, 0.15) is 12.8 Å². The van der Waals surface area contributed by atoms with E-state index in [1.807, 2.05) is 6.92 Å². The van der Waals surface area contributed by atoms with Gasteiger partial charge in [0.25, 0.3) is 5.89 Å². The highest BCUT2D eigenvalue weighted by molar-refractivity contribution is 5.59. The van der Waals surface area contributed by atoms with Gasteiger partial charge in [0.05, 0.1) is 11.5 Å². The summed E-state index contributed by atoms with van der Waals surface area (Å²) in [4.78, 5) is 9.68. The maximum atomic E-state index is 13.9. The number of nitro groups is 1. The predicted octanol–water partition coefficient (Wildman–Crippen LogP) is 2.03. The van der Waals surface area contributed by atoms with Crippen LogP contribution in [0.5, 0.6) is 0 Å². The third-order valence-electron chi connectivity index (χ3n) is 2.47. The Morgan fingerprint density at radius 3 is 2.80 bits per heavy atom. The monoisotopic (exact) mass is 284 g/mol. The van der Waals surface area contributed by atoms with E-state index in [-0.39, 0.29) is 12.4 Å². The van der Waals surface area contributed by atoms with Gasteiger partial charge in [-0.15, -0.1) is 10.2 Å². The molecule has 0 saturated heterocycles. The molecule has 2 aromatic rings. The van der Waals surface area contributed by atoms with E-state index in [1.54, 1.807) is 0 Å². The maximum Gasteiger partial charge on any atom is 0.305 e. The third-order valence-corrected chi connectivity index (χ3v) is 2.47. The highest BCUT2D eigenvalue weighted by atomic mass is 19.1. The molecule has 1 heterocycles. The number of benzene rings is 1. The van der Waals surface area contributed by atoms with E-state index in [1.165, 1.54) is 0 Å². The topological polar surface area (TPSA) is 94.1 Å². The summed E-state index contributed by atoms with van der Waals surface area (Å²) in [7, 11) is 0. The number of nitrogens with one attached hydrogen (secondary N) is 1. The van der Waals surface area contributed by atoms with Crippen LogP contribution in [0.4, 0.5) is 14.5 Å². The number of rotatable bonds is 5. The van der Waals surface area contributed by atoms with Gasteiger partial charge in [-0.05, 0) is 12.6 Å². The van der Waals surface area contributed by atoms with Crippen LogP contribution in [-0.2, 0) is 6.54 Å². The second-order valence-electron chi connectivity index (χ2n) is 3.79. The van der Waals surface area contributed by atoms with Gasteiger partial charge in [-0.2, -0.15) is 4.39 Å². The standard InChI is InChI=1S/C11H10F2N4O3/c1-2-14-5-8-15-16-11(20-8)9-6(12)3-4-7(10(9)13)17(18)19/h3-4,14H,2,5H2,1H3. The molecule has 9 heteroatoms. The lowest BCUT2D eigenvalue weighted by Gasteiger charge is -2.00. The van der Waals surface area contributed by atoms with E-state index >= 15 is 0 Å². The highest BCUT2D eigenvalue weighted by Gasteiger charge is 2.26. The molecule has 0 spiro atoms. The first-order valence-corrected chi connectivity index (χ1v) is 5.70. The minimum Gasteiger partial charge on any atom is -0.419 e. The Balaban J connectivity index is 2.44. The number of aromatic nitrogens is 2. The smallest absolute Gasteiger partial charge is 0.305 e. The van der Waals surface area contributed by atoms with Crippen molar-refractivity contribution >= 4 is 5.69 Å². The molecule has 0 unspecified atom stereocenters. The van der Waals surface area contributed by atoms with Crippen LogP contribution in [0.25, 0.3) is 11.5 Å². The Morgan fingerprint density at radius 2 is 2.15 bits per heavy atom. The molecule has 0 bridgehead atoms. The van der Waals surface area contributed by atoms with Crippen LogP contribution in [0.2, 0.25) is 0 Å². The molecule has 0 atom stereocenters. The summed E-state index contributed by atoms with van der Waals surface area (Å²) in [5, 5.41) is 20.6. The zero-order valence-corrected chi connectivity index (χ0v) is 10.4. The number of hydrogen-bond donors (Lipinski definition) is 1. The van der Waals surface area contributed by atoms with Crippen molar-refractivity contribution in [3.05, 3.63) is 39.8 Å². The molecule has 2 rings (SSSR count). The average molecular weight is 284 g/mol.